The largest absolute Gasteiger partial charge is 0.394 e. The Hall–Kier alpha value is -1.84. The highest BCUT2D eigenvalue weighted by molar-refractivity contribution is 7.99. The lowest BCUT2D eigenvalue weighted by atomic mass is 9.92. The third kappa shape index (κ3) is 5.12. The smallest absolute Gasteiger partial charge is 0.0994 e. The maximum absolute atomic E-state index is 10.1. The first-order valence-corrected chi connectivity index (χ1v) is 10.3. The van der Waals surface area contributed by atoms with Crippen molar-refractivity contribution >= 4 is 11.8 Å². The van der Waals surface area contributed by atoms with Gasteiger partial charge in [0, 0.05) is 17.7 Å². The predicted molar refractivity (Wildman–Crippen MR) is 107 cm³/mol. The van der Waals surface area contributed by atoms with E-state index in [4.69, 9.17) is 4.74 Å². The summed E-state index contributed by atoms with van der Waals surface area (Å²) in [7, 11) is 0. The number of rotatable bonds is 6. The Kier molecular flexibility index (Phi) is 6.92. The maximum Gasteiger partial charge on any atom is 0.0994 e. The molecule has 27 heavy (non-hydrogen) atoms. The van der Waals surface area contributed by atoms with Crippen molar-refractivity contribution in [1.29, 1.82) is 5.26 Å². The number of thioether (sulfide) groups is 1. The number of benzene rings is 2. The Morgan fingerprint density at radius 2 is 1.96 bits per heavy atom. The standard InChI is InChI=1S/C22H25NO3S/c1-2-27-21-7-3-15(4-8-21)9-18-10-16(5-6-17(18)13-23)22-12-19(25)11-20(14-24)26-22/h3-8,10,19-20,22,24-25H,2,9,11-12,14H2,1H3/t19?,20-,22+/m0/s1. The van der Waals surface area contributed by atoms with Crippen LogP contribution in [0.3, 0.4) is 0 Å². The van der Waals surface area contributed by atoms with E-state index in [9.17, 15) is 15.5 Å². The van der Waals surface area contributed by atoms with Gasteiger partial charge in [-0.1, -0.05) is 31.2 Å². The van der Waals surface area contributed by atoms with Crippen LogP contribution in [0.25, 0.3) is 0 Å². The zero-order valence-electron chi connectivity index (χ0n) is 15.5. The normalized spacial score (nSPS) is 22.4. The lowest BCUT2D eigenvalue weighted by molar-refractivity contribution is -0.113. The first-order valence-electron chi connectivity index (χ1n) is 9.32. The molecule has 142 valence electrons. The molecule has 1 saturated heterocycles. The molecule has 2 aromatic rings. The fourth-order valence-corrected chi connectivity index (χ4v) is 4.14. The van der Waals surface area contributed by atoms with Gasteiger partial charge in [0.2, 0.25) is 0 Å². The molecule has 3 rings (SSSR count). The second-order valence-electron chi connectivity index (χ2n) is 6.84. The molecular formula is C22H25NO3S. The van der Waals surface area contributed by atoms with Crippen LogP contribution in [0.2, 0.25) is 0 Å². The third-order valence-corrected chi connectivity index (χ3v) is 5.73. The first-order chi connectivity index (χ1) is 13.1. The van der Waals surface area contributed by atoms with Gasteiger partial charge >= 0.3 is 0 Å². The molecule has 0 saturated carbocycles. The van der Waals surface area contributed by atoms with Crippen LogP contribution in [-0.4, -0.2) is 34.8 Å². The first kappa shape index (κ1) is 19.9. The summed E-state index contributed by atoms with van der Waals surface area (Å²) in [6, 6.07) is 16.4. The van der Waals surface area contributed by atoms with Gasteiger partial charge in [0.25, 0.3) is 0 Å². The highest BCUT2D eigenvalue weighted by Gasteiger charge is 2.29. The van der Waals surface area contributed by atoms with E-state index in [-0.39, 0.29) is 18.8 Å². The summed E-state index contributed by atoms with van der Waals surface area (Å²) in [6.07, 6.45) is 0.543. The van der Waals surface area contributed by atoms with Gasteiger partial charge in [-0.05, 0) is 47.1 Å². The van der Waals surface area contributed by atoms with Crippen LogP contribution in [0.15, 0.2) is 47.4 Å². The molecule has 1 unspecified atom stereocenters. The molecule has 0 bridgehead atoms. The molecule has 0 aliphatic carbocycles. The quantitative estimate of drug-likeness (QED) is 0.742. The van der Waals surface area contributed by atoms with E-state index in [1.165, 1.54) is 4.90 Å². The third-order valence-electron chi connectivity index (χ3n) is 4.83. The van der Waals surface area contributed by atoms with Crippen molar-refractivity contribution in [3.63, 3.8) is 0 Å². The van der Waals surface area contributed by atoms with Gasteiger partial charge in [0.1, 0.15) is 0 Å². The molecule has 5 heteroatoms. The summed E-state index contributed by atoms with van der Waals surface area (Å²) in [5.74, 6) is 1.04. The summed E-state index contributed by atoms with van der Waals surface area (Å²) in [5, 5.41) is 28.9. The highest BCUT2D eigenvalue weighted by Crippen LogP contribution is 2.33. The van der Waals surface area contributed by atoms with Gasteiger partial charge in [-0.25, -0.2) is 0 Å². The van der Waals surface area contributed by atoms with Crippen molar-refractivity contribution in [3.8, 4) is 6.07 Å². The molecule has 0 aromatic heterocycles. The Balaban J connectivity index is 1.82. The molecule has 0 spiro atoms. The van der Waals surface area contributed by atoms with Gasteiger partial charge in [-0.3, -0.25) is 0 Å². The predicted octanol–water partition coefficient (Wildman–Crippen LogP) is 3.83. The fourth-order valence-electron chi connectivity index (χ4n) is 3.48. The van der Waals surface area contributed by atoms with E-state index in [1.54, 1.807) is 0 Å². The zero-order valence-corrected chi connectivity index (χ0v) is 16.3. The van der Waals surface area contributed by atoms with Crippen LogP contribution in [0.1, 0.15) is 48.1 Å². The van der Waals surface area contributed by atoms with Crippen molar-refractivity contribution in [2.45, 2.75) is 49.4 Å². The number of hydrogen-bond acceptors (Lipinski definition) is 5. The Morgan fingerprint density at radius 1 is 1.19 bits per heavy atom. The van der Waals surface area contributed by atoms with Crippen LogP contribution in [0.5, 0.6) is 0 Å². The van der Waals surface area contributed by atoms with Crippen molar-refractivity contribution in [3.05, 3.63) is 64.7 Å². The molecule has 1 aliphatic heterocycles. The van der Waals surface area contributed by atoms with E-state index in [2.05, 4.69) is 37.3 Å². The molecule has 3 atom stereocenters. The Morgan fingerprint density at radius 3 is 2.63 bits per heavy atom. The number of ether oxygens (including phenoxy) is 1. The van der Waals surface area contributed by atoms with Gasteiger partial charge in [0.05, 0.1) is 36.6 Å². The Labute approximate surface area is 164 Å². The number of aliphatic hydroxyl groups is 2. The average molecular weight is 384 g/mol. The van der Waals surface area contributed by atoms with Crippen LogP contribution in [-0.2, 0) is 11.2 Å². The molecule has 2 aromatic carbocycles. The van der Waals surface area contributed by atoms with Gasteiger partial charge < -0.3 is 14.9 Å². The minimum Gasteiger partial charge on any atom is -0.394 e. The highest BCUT2D eigenvalue weighted by atomic mass is 32.2. The van der Waals surface area contributed by atoms with Crippen molar-refractivity contribution in [2.24, 2.45) is 0 Å². The van der Waals surface area contributed by atoms with E-state index >= 15 is 0 Å². The second kappa shape index (κ2) is 9.38. The van der Waals surface area contributed by atoms with Crippen molar-refractivity contribution in [1.82, 2.24) is 0 Å². The maximum atomic E-state index is 10.1. The summed E-state index contributed by atoms with van der Waals surface area (Å²) in [6.45, 7) is 2.04. The minimum atomic E-state index is -0.483. The van der Waals surface area contributed by atoms with E-state index in [0.29, 0.717) is 24.8 Å². The SMILES string of the molecule is CCSc1ccc(Cc2cc([C@H]3CC(O)C[C@@H](CO)O3)ccc2C#N)cc1. The average Bonchev–Trinajstić information content (AvgIpc) is 2.69. The van der Waals surface area contributed by atoms with Crippen molar-refractivity contribution in [2.75, 3.05) is 12.4 Å². The second-order valence-corrected chi connectivity index (χ2v) is 8.17. The van der Waals surface area contributed by atoms with Crippen LogP contribution in [0.4, 0.5) is 0 Å². The lowest BCUT2D eigenvalue weighted by Crippen LogP contribution is -2.33. The molecule has 4 nitrogen and oxygen atoms in total. The molecule has 1 heterocycles. The van der Waals surface area contributed by atoms with Gasteiger partial charge in [0.15, 0.2) is 0 Å². The Bertz CT molecular complexity index is 800. The number of aliphatic hydroxyl groups excluding tert-OH is 2. The topological polar surface area (TPSA) is 73.5 Å². The number of nitriles is 1. The van der Waals surface area contributed by atoms with E-state index in [0.717, 1.165) is 22.4 Å². The van der Waals surface area contributed by atoms with E-state index in [1.807, 2.05) is 30.0 Å². The molecule has 0 radical (unpaired) electrons. The molecular weight excluding hydrogens is 358 g/mol. The van der Waals surface area contributed by atoms with Crippen molar-refractivity contribution < 1.29 is 14.9 Å². The summed E-state index contributed by atoms with van der Waals surface area (Å²) >= 11 is 1.81. The van der Waals surface area contributed by atoms with Crippen LogP contribution >= 0.6 is 11.8 Å². The number of nitrogens with zero attached hydrogens (tertiary/aromatic N) is 1. The fraction of sp³-hybridized carbons (Fsp3) is 0.409. The van der Waals surface area contributed by atoms with Gasteiger partial charge in [-0.15, -0.1) is 11.8 Å². The monoisotopic (exact) mass is 383 g/mol. The summed E-state index contributed by atoms with van der Waals surface area (Å²) in [4.78, 5) is 1.25. The summed E-state index contributed by atoms with van der Waals surface area (Å²) in [5.41, 5.74) is 3.71. The van der Waals surface area contributed by atoms with Crippen LogP contribution < -0.4 is 0 Å². The number of hydrogen-bond donors (Lipinski definition) is 2. The summed E-state index contributed by atoms with van der Waals surface area (Å²) < 4.78 is 5.92. The molecule has 0 amide bonds. The zero-order chi connectivity index (χ0) is 19.2. The lowest BCUT2D eigenvalue weighted by Gasteiger charge is -2.32. The van der Waals surface area contributed by atoms with Crippen LogP contribution in [0, 0.1) is 11.3 Å². The van der Waals surface area contributed by atoms with Gasteiger partial charge in [-0.2, -0.15) is 5.26 Å². The van der Waals surface area contributed by atoms with E-state index < -0.39 is 6.10 Å². The molecule has 1 fully saturated rings. The molecule has 1 aliphatic rings. The minimum absolute atomic E-state index is 0.0984. The molecule has 2 N–H and O–H groups in total.